The summed E-state index contributed by atoms with van der Waals surface area (Å²) in [7, 11) is 1.89. The number of rotatable bonds is 3. The third-order valence-corrected chi connectivity index (χ3v) is 4.81. The third-order valence-electron chi connectivity index (χ3n) is 4.81. The number of fused-ring (bicyclic) bond motifs is 1. The molecule has 0 bridgehead atoms. The Kier molecular flexibility index (Phi) is 3.98. The van der Waals surface area contributed by atoms with Crippen molar-refractivity contribution in [3.05, 3.63) is 48.4 Å². The largest absolute Gasteiger partial charge is 0.470 e. The predicted octanol–water partition coefficient (Wildman–Crippen LogP) is 1.87. The van der Waals surface area contributed by atoms with Gasteiger partial charge >= 0.3 is 0 Å². The van der Waals surface area contributed by atoms with Crippen molar-refractivity contribution >= 4 is 5.91 Å². The Bertz CT molecular complexity index is 715. The van der Waals surface area contributed by atoms with Gasteiger partial charge in [-0.1, -0.05) is 6.07 Å². The number of amides is 1. The van der Waals surface area contributed by atoms with E-state index in [0.29, 0.717) is 18.1 Å². The maximum Gasteiger partial charge on any atom is 0.270 e. The number of carbonyl (C=O) groups excluding carboxylic acids is 1. The summed E-state index contributed by atoms with van der Waals surface area (Å²) in [5.74, 6) is 0.610. The molecule has 0 aliphatic carbocycles. The van der Waals surface area contributed by atoms with Crippen LogP contribution in [0.2, 0.25) is 0 Å². The molecule has 2 aromatic rings. The van der Waals surface area contributed by atoms with Crippen LogP contribution in [0.3, 0.4) is 0 Å². The number of hydrogen-bond donors (Lipinski definition) is 0. The summed E-state index contributed by atoms with van der Waals surface area (Å²) in [6, 6.07) is 9.39. The number of aromatic nitrogens is 2. The molecule has 6 heteroatoms. The van der Waals surface area contributed by atoms with Crippen LogP contribution in [0, 0.1) is 0 Å². The molecular weight excluding hydrogens is 306 g/mol. The zero-order chi connectivity index (χ0) is 16.5. The van der Waals surface area contributed by atoms with Crippen LogP contribution in [-0.4, -0.2) is 51.8 Å². The fraction of sp³-hybridized carbons (Fsp3) is 0.444. The van der Waals surface area contributed by atoms with Gasteiger partial charge in [-0.2, -0.15) is 0 Å². The molecule has 2 aromatic heterocycles. The Balaban J connectivity index is 1.57. The zero-order valence-electron chi connectivity index (χ0n) is 13.7. The predicted molar refractivity (Wildman–Crippen MR) is 87.9 cm³/mol. The van der Waals surface area contributed by atoms with E-state index in [-0.39, 0.29) is 24.2 Å². The number of likely N-dealkylation sites (tertiary alicyclic amines) is 1. The monoisotopic (exact) mass is 327 g/mol. The molecule has 0 unspecified atom stereocenters. The second-order valence-electron chi connectivity index (χ2n) is 6.33. The summed E-state index contributed by atoms with van der Waals surface area (Å²) in [6.07, 6.45) is 5.23. The van der Waals surface area contributed by atoms with Gasteiger partial charge in [0.05, 0.1) is 12.6 Å². The van der Waals surface area contributed by atoms with Crippen molar-refractivity contribution in [2.45, 2.75) is 31.1 Å². The fourth-order valence-corrected chi connectivity index (χ4v) is 3.65. The van der Waals surface area contributed by atoms with Crippen molar-refractivity contribution in [1.29, 1.82) is 0 Å². The third kappa shape index (κ3) is 2.67. The molecule has 0 aromatic carbocycles. The number of carbonyl (C=O) groups is 1. The van der Waals surface area contributed by atoms with Crippen molar-refractivity contribution in [2.24, 2.45) is 7.05 Å². The van der Waals surface area contributed by atoms with Gasteiger partial charge in [0.15, 0.2) is 0 Å². The minimum absolute atomic E-state index is 0.0371. The molecule has 24 heavy (non-hydrogen) atoms. The van der Waals surface area contributed by atoms with E-state index in [4.69, 9.17) is 9.47 Å². The number of pyridine rings is 1. The molecule has 0 radical (unpaired) electrons. The van der Waals surface area contributed by atoms with Gasteiger partial charge in [-0.25, -0.2) is 4.98 Å². The first-order chi connectivity index (χ1) is 11.7. The molecule has 4 rings (SSSR count). The topological polar surface area (TPSA) is 56.6 Å². The van der Waals surface area contributed by atoms with Gasteiger partial charge in [0, 0.05) is 32.1 Å². The molecule has 1 amide bonds. The van der Waals surface area contributed by atoms with Crippen LogP contribution in [0.1, 0.15) is 23.3 Å². The van der Waals surface area contributed by atoms with Crippen molar-refractivity contribution in [2.75, 3.05) is 13.2 Å². The van der Waals surface area contributed by atoms with Gasteiger partial charge in [-0.05, 0) is 31.0 Å². The van der Waals surface area contributed by atoms with Crippen molar-refractivity contribution < 1.29 is 14.3 Å². The first-order valence-corrected chi connectivity index (χ1v) is 8.35. The molecular formula is C18H21N3O3. The van der Waals surface area contributed by atoms with Crippen LogP contribution >= 0.6 is 0 Å². The highest BCUT2D eigenvalue weighted by Gasteiger charge is 2.48. The number of hydrogen-bond acceptors (Lipinski definition) is 4. The summed E-state index contributed by atoms with van der Waals surface area (Å²) < 4.78 is 13.9. The summed E-state index contributed by atoms with van der Waals surface area (Å²) in [4.78, 5) is 19.1. The Labute approximate surface area is 141 Å². The van der Waals surface area contributed by atoms with Crippen molar-refractivity contribution in [1.82, 2.24) is 14.5 Å². The van der Waals surface area contributed by atoms with Crippen LogP contribution < -0.4 is 4.74 Å². The second kappa shape index (κ2) is 6.28. The van der Waals surface area contributed by atoms with E-state index in [0.717, 1.165) is 19.4 Å². The molecule has 0 spiro atoms. The van der Waals surface area contributed by atoms with E-state index >= 15 is 0 Å². The molecule has 4 heterocycles. The van der Waals surface area contributed by atoms with Crippen LogP contribution in [0.5, 0.6) is 5.88 Å². The normalized spacial score (nSPS) is 26.2. The van der Waals surface area contributed by atoms with Gasteiger partial charge in [0.1, 0.15) is 17.9 Å². The number of ether oxygens (including phenoxy) is 2. The quantitative estimate of drug-likeness (QED) is 0.864. The molecule has 2 aliphatic heterocycles. The lowest BCUT2D eigenvalue weighted by atomic mass is 10.0. The Hall–Kier alpha value is -2.34. The molecule has 2 saturated heterocycles. The maximum absolute atomic E-state index is 13.0. The Morgan fingerprint density at radius 2 is 2.25 bits per heavy atom. The Morgan fingerprint density at radius 1 is 1.33 bits per heavy atom. The van der Waals surface area contributed by atoms with Crippen LogP contribution in [-0.2, 0) is 11.8 Å². The first kappa shape index (κ1) is 15.2. The van der Waals surface area contributed by atoms with Gasteiger partial charge in [0.25, 0.3) is 5.91 Å². The number of nitrogens with zero attached hydrogens (tertiary/aromatic N) is 3. The number of aryl methyl sites for hydroxylation is 1. The van der Waals surface area contributed by atoms with Crippen LogP contribution in [0.15, 0.2) is 42.7 Å². The molecule has 0 N–H and O–H groups in total. The Morgan fingerprint density at radius 3 is 3.00 bits per heavy atom. The molecule has 3 atom stereocenters. The SMILES string of the molecule is Cn1cccc1C(=O)N1C[C@@H](Oc2ccccn2)[C@@H]2OCCC[C@@H]21. The lowest BCUT2D eigenvalue weighted by molar-refractivity contribution is -0.0455. The fourth-order valence-electron chi connectivity index (χ4n) is 3.65. The summed E-state index contributed by atoms with van der Waals surface area (Å²) in [5.41, 5.74) is 0.692. The van der Waals surface area contributed by atoms with Crippen LogP contribution in [0.25, 0.3) is 0 Å². The van der Waals surface area contributed by atoms with Crippen molar-refractivity contribution in [3.8, 4) is 5.88 Å². The summed E-state index contributed by atoms with van der Waals surface area (Å²) >= 11 is 0. The van der Waals surface area contributed by atoms with Gasteiger partial charge < -0.3 is 18.9 Å². The smallest absolute Gasteiger partial charge is 0.270 e. The highest BCUT2D eigenvalue weighted by atomic mass is 16.5. The van der Waals surface area contributed by atoms with Gasteiger partial charge in [-0.15, -0.1) is 0 Å². The molecule has 126 valence electrons. The average Bonchev–Trinajstić information content (AvgIpc) is 3.20. The molecule has 2 aliphatic rings. The summed E-state index contributed by atoms with van der Waals surface area (Å²) in [5, 5.41) is 0. The minimum Gasteiger partial charge on any atom is -0.470 e. The lowest BCUT2D eigenvalue weighted by Crippen LogP contribution is -2.44. The average molecular weight is 327 g/mol. The lowest BCUT2D eigenvalue weighted by Gasteiger charge is -2.32. The van der Waals surface area contributed by atoms with E-state index < -0.39 is 0 Å². The zero-order valence-corrected chi connectivity index (χ0v) is 13.7. The molecule has 0 saturated carbocycles. The second-order valence-corrected chi connectivity index (χ2v) is 6.33. The molecule has 6 nitrogen and oxygen atoms in total. The summed E-state index contributed by atoms with van der Waals surface area (Å²) in [6.45, 7) is 1.24. The van der Waals surface area contributed by atoms with E-state index in [1.165, 1.54) is 0 Å². The van der Waals surface area contributed by atoms with Gasteiger partial charge in [0.2, 0.25) is 5.88 Å². The van der Waals surface area contributed by atoms with Crippen molar-refractivity contribution in [3.63, 3.8) is 0 Å². The van der Waals surface area contributed by atoms with E-state index in [1.54, 1.807) is 6.20 Å². The van der Waals surface area contributed by atoms with E-state index in [2.05, 4.69) is 4.98 Å². The van der Waals surface area contributed by atoms with E-state index in [9.17, 15) is 4.79 Å². The minimum atomic E-state index is -0.186. The standard InChI is InChI=1S/C18H21N3O3/c1-20-10-4-6-14(20)18(22)21-12-15(17-13(21)7-5-11-23-17)24-16-8-2-3-9-19-16/h2-4,6,8-10,13,15,17H,5,7,11-12H2,1H3/t13-,15+,17+/m0/s1. The van der Waals surface area contributed by atoms with E-state index in [1.807, 2.05) is 53.0 Å². The highest BCUT2D eigenvalue weighted by Crippen LogP contribution is 2.32. The molecule has 2 fully saturated rings. The first-order valence-electron chi connectivity index (χ1n) is 8.35. The van der Waals surface area contributed by atoms with Crippen LogP contribution in [0.4, 0.5) is 0 Å². The highest BCUT2D eigenvalue weighted by molar-refractivity contribution is 5.93. The van der Waals surface area contributed by atoms with Gasteiger partial charge in [-0.3, -0.25) is 4.79 Å². The maximum atomic E-state index is 13.0.